The van der Waals surface area contributed by atoms with E-state index < -0.39 is 20.7 Å². The first kappa shape index (κ1) is 28.7. The molecule has 0 aromatic rings. The number of nitrogens with zero attached hydrogens (tertiary/aromatic N) is 1. The minimum absolute atomic E-state index is 0.139. The Morgan fingerprint density at radius 3 is 2.14 bits per heavy atom. The molecule has 0 spiro atoms. The predicted octanol–water partition coefficient (Wildman–Crippen LogP) is 4.58. The molecule has 8 heteroatoms. The number of likely N-dealkylation sites (N-methyl/N-ethyl adjacent to an activating group) is 1. The van der Waals surface area contributed by atoms with Gasteiger partial charge in [-0.05, 0) is 25.2 Å². The SMILES string of the molecule is CCC(C)CCOCCCCCCCCO[P@](O)OC(CC(=O)O)C[N+](C)(C)C. The van der Waals surface area contributed by atoms with Gasteiger partial charge in [-0.25, -0.2) is 0 Å². The van der Waals surface area contributed by atoms with Gasteiger partial charge < -0.3 is 28.3 Å². The summed E-state index contributed by atoms with van der Waals surface area (Å²) in [5.74, 6) is -0.184. The monoisotopic (exact) mass is 438 g/mol. The molecule has 0 aromatic heterocycles. The average Bonchev–Trinajstić information content (AvgIpc) is 2.60. The third-order valence-electron chi connectivity index (χ3n) is 4.73. The number of unbranched alkanes of at least 4 members (excludes halogenated alkanes) is 5. The molecule has 0 aliphatic carbocycles. The van der Waals surface area contributed by atoms with Crippen LogP contribution < -0.4 is 0 Å². The van der Waals surface area contributed by atoms with E-state index in [9.17, 15) is 9.69 Å². The third kappa shape index (κ3) is 20.7. The fraction of sp³-hybridized carbons (Fsp3) is 0.952. The molecule has 0 rings (SSSR count). The largest absolute Gasteiger partial charge is 0.481 e. The second kappa shape index (κ2) is 17.4. The Kier molecular flexibility index (Phi) is 17.2. The summed E-state index contributed by atoms with van der Waals surface area (Å²) in [7, 11) is 3.83. The number of carboxylic acids is 1. The summed E-state index contributed by atoms with van der Waals surface area (Å²) in [4.78, 5) is 20.9. The lowest BCUT2D eigenvalue weighted by atomic mass is 10.1. The first-order valence-corrected chi connectivity index (χ1v) is 12.2. The van der Waals surface area contributed by atoms with Gasteiger partial charge in [0, 0.05) is 13.2 Å². The quantitative estimate of drug-likeness (QED) is 0.164. The van der Waals surface area contributed by atoms with Gasteiger partial charge in [-0.3, -0.25) is 4.79 Å². The van der Waals surface area contributed by atoms with Crippen LogP contribution in [-0.2, 0) is 18.6 Å². The molecule has 0 saturated carbocycles. The Labute approximate surface area is 179 Å². The molecule has 0 amide bonds. The molecule has 0 radical (unpaired) electrons. The zero-order chi connectivity index (χ0) is 22.1. The van der Waals surface area contributed by atoms with E-state index >= 15 is 0 Å². The number of carbonyl (C=O) groups is 1. The van der Waals surface area contributed by atoms with Crippen molar-refractivity contribution in [3.63, 3.8) is 0 Å². The molecule has 7 nitrogen and oxygen atoms in total. The van der Waals surface area contributed by atoms with Gasteiger partial charge in [0.1, 0.15) is 12.6 Å². The van der Waals surface area contributed by atoms with Gasteiger partial charge >= 0.3 is 14.6 Å². The second-order valence-electron chi connectivity index (χ2n) is 8.91. The summed E-state index contributed by atoms with van der Waals surface area (Å²) in [6.07, 6.45) is 8.22. The zero-order valence-electron chi connectivity index (χ0n) is 19.3. The summed E-state index contributed by atoms with van der Waals surface area (Å²) in [5.41, 5.74) is 0. The Balaban J connectivity index is 3.62. The van der Waals surface area contributed by atoms with E-state index in [2.05, 4.69) is 13.8 Å². The highest BCUT2D eigenvalue weighted by atomic mass is 31.2. The van der Waals surface area contributed by atoms with Crippen molar-refractivity contribution < 1.29 is 33.1 Å². The van der Waals surface area contributed by atoms with Gasteiger partial charge in [-0.2, -0.15) is 0 Å². The van der Waals surface area contributed by atoms with Crippen LogP contribution in [0.25, 0.3) is 0 Å². The fourth-order valence-corrected chi connectivity index (χ4v) is 3.59. The van der Waals surface area contributed by atoms with Gasteiger partial charge in [0.2, 0.25) is 0 Å². The molecule has 0 aliphatic rings. The van der Waals surface area contributed by atoms with Crippen molar-refractivity contribution in [1.29, 1.82) is 0 Å². The van der Waals surface area contributed by atoms with Gasteiger partial charge in [-0.15, -0.1) is 0 Å². The van der Waals surface area contributed by atoms with E-state index in [1.54, 1.807) is 0 Å². The van der Waals surface area contributed by atoms with Crippen molar-refractivity contribution in [2.24, 2.45) is 5.92 Å². The number of hydrogen-bond acceptors (Lipinski definition) is 5. The standard InChI is InChI=1S/C21H44NO6P/c1-6-19(2)13-16-26-14-11-9-7-8-10-12-15-27-29(25)28-20(17-21(23)24)18-22(3,4)5/h19-20,25H,6-18H2,1-5H3/p+1/t19?,20?,29-/m0/s1. The smallest absolute Gasteiger partial charge is 0.330 e. The van der Waals surface area contributed by atoms with Crippen LogP contribution in [0.4, 0.5) is 0 Å². The molecule has 2 unspecified atom stereocenters. The summed E-state index contributed by atoms with van der Waals surface area (Å²) in [5, 5.41) is 8.99. The number of carboxylic acid groups (broad SMARTS) is 1. The lowest BCUT2D eigenvalue weighted by molar-refractivity contribution is -0.873. The molecule has 174 valence electrons. The lowest BCUT2D eigenvalue weighted by Crippen LogP contribution is -2.42. The van der Waals surface area contributed by atoms with Crippen LogP contribution >= 0.6 is 8.60 Å². The van der Waals surface area contributed by atoms with Crippen molar-refractivity contribution >= 4 is 14.6 Å². The van der Waals surface area contributed by atoms with Gasteiger partial charge in [-0.1, -0.05) is 46.0 Å². The molecule has 0 aliphatic heterocycles. The van der Waals surface area contributed by atoms with Crippen molar-refractivity contribution in [3.8, 4) is 0 Å². The summed E-state index contributed by atoms with van der Waals surface area (Å²) < 4.78 is 17.0. The average molecular weight is 439 g/mol. The molecular formula is C21H45NO6P+. The maximum Gasteiger partial charge on any atom is 0.330 e. The number of hydrogen-bond donors (Lipinski definition) is 2. The maximum atomic E-state index is 11.0. The highest BCUT2D eigenvalue weighted by molar-refractivity contribution is 7.40. The minimum atomic E-state index is -2.04. The molecule has 2 N–H and O–H groups in total. The molecule has 0 bridgehead atoms. The third-order valence-corrected chi connectivity index (χ3v) is 5.61. The van der Waals surface area contributed by atoms with Gasteiger partial charge in [0.15, 0.2) is 0 Å². The first-order chi connectivity index (χ1) is 13.6. The van der Waals surface area contributed by atoms with Crippen molar-refractivity contribution in [1.82, 2.24) is 0 Å². The van der Waals surface area contributed by atoms with Crippen molar-refractivity contribution in [2.75, 3.05) is 47.5 Å². The molecule has 0 heterocycles. The van der Waals surface area contributed by atoms with Crippen LogP contribution in [0.15, 0.2) is 0 Å². The van der Waals surface area contributed by atoms with Gasteiger partial charge in [0.05, 0.1) is 34.2 Å². The first-order valence-electron chi connectivity index (χ1n) is 11.0. The van der Waals surface area contributed by atoms with E-state index in [4.69, 9.17) is 18.9 Å². The van der Waals surface area contributed by atoms with Crippen molar-refractivity contribution in [3.05, 3.63) is 0 Å². The predicted molar refractivity (Wildman–Crippen MR) is 118 cm³/mol. The van der Waals surface area contributed by atoms with E-state index in [1.165, 1.54) is 19.3 Å². The van der Waals surface area contributed by atoms with E-state index in [0.717, 1.165) is 51.2 Å². The zero-order valence-corrected chi connectivity index (χ0v) is 20.2. The van der Waals surface area contributed by atoms with Crippen LogP contribution in [0.1, 0.15) is 71.6 Å². The normalized spacial score (nSPS) is 15.2. The number of rotatable bonds is 20. The second-order valence-corrected chi connectivity index (χ2v) is 9.85. The Morgan fingerprint density at radius 2 is 1.59 bits per heavy atom. The lowest BCUT2D eigenvalue weighted by Gasteiger charge is -2.29. The molecule has 0 saturated heterocycles. The Hall–Kier alpha value is -0.300. The van der Waals surface area contributed by atoms with Crippen LogP contribution in [0, 0.1) is 5.92 Å². The number of ether oxygens (including phenoxy) is 1. The van der Waals surface area contributed by atoms with Crippen LogP contribution in [0.2, 0.25) is 0 Å². The Morgan fingerprint density at radius 1 is 1.00 bits per heavy atom. The fourth-order valence-electron chi connectivity index (χ4n) is 2.85. The molecule has 3 atom stereocenters. The topological polar surface area (TPSA) is 85.2 Å². The summed E-state index contributed by atoms with van der Waals surface area (Å²) in [6.45, 7) is 7.14. The number of quaternary nitrogens is 1. The van der Waals surface area contributed by atoms with Crippen LogP contribution in [0.3, 0.4) is 0 Å². The molecule has 29 heavy (non-hydrogen) atoms. The van der Waals surface area contributed by atoms with Gasteiger partial charge in [0.25, 0.3) is 0 Å². The van der Waals surface area contributed by atoms with E-state index in [0.29, 0.717) is 17.6 Å². The van der Waals surface area contributed by atoms with Crippen LogP contribution in [0.5, 0.6) is 0 Å². The van der Waals surface area contributed by atoms with Crippen molar-refractivity contribution in [2.45, 2.75) is 77.7 Å². The molecule has 0 fully saturated rings. The van der Waals surface area contributed by atoms with E-state index in [1.807, 2.05) is 21.1 Å². The Bertz CT molecular complexity index is 405. The highest BCUT2D eigenvalue weighted by Gasteiger charge is 2.25. The molecule has 0 aromatic carbocycles. The van der Waals surface area contributed by atoms with Crippen LogP contribution in [-0.4, -0.2) is 74.1 Å². The molecular weight excluding hydrogens is 393 g/mol. The summed E-state index contributed by atoms with van der Waals surface area (Å²) in [6, 6.07) is 0. The summed E-state index contributed by atoms with van der Waals surface area (Å²) >= 11 is 0. The van der Waals surface area contributed by atoms with E-state index in [-0.39, 0.29) is 6.42 Å². The number of aliphatic carboxylic acids is 1. The maximum absolute atomic E-state index is 11.0. The highest BCUT2D eigenvalue weighted by Crippen LogP contribution is 2.36. The minimum Gasteiger partial charge on any atom is -0.481 e.